The van der Waals surface area contributed by atoms with Gasteiger partial charge in [0.05, 0.1) is 5.69 Å². The third kappa shape index (κ3) is 3.35. The summed E-state index contributed by atoms with van der Waals surface area (Å²) >= 11 is 6.73. The van der Waals surface area contributed by atoms with Crippen LogP contribution in [-0.2, 0) is 4.79 Å². The maximum Gasteiger partial charge on any atom is 0.332 e. The number of carboxylic acids is 1. The van der Waals surface area contributed by atoms with Gasteiger partial charge < -0.3 is 10.4 Å². The van der Waals surface area contributed by atoms with Gasteiger partial charge in [-0.3, -0.25) is 0 Å². The number of para-hydroxylation sites is 1. The summed E-state index contributed by atoms with van der Waals surface area (Å²) in [5.41, 5.74) is 0.942. The van der Waals surface area contributed by atoms with Gasteiger partial charge in [-0.2, -0.15) is 0 Å². The maximum absolute atomic E-state index is 10.5. The van der Waals surface area contributed by atoms with Gasteiger partial charge in [0.2, 0.25) is 0 Å². The molecule has 0 spiro atoms. The number of hydrogen-bond acceptors (Lipinski definition) is 2. The minimum absolute atomic E-state index is 0.123. The predicted molar refractivity (Wildman–Crippen MR) is 67.1 cm³/mol. The van der Waals surface area contributed by atoms with Crippen LogP contribution in [0.5, 0.6) is 0 Å². The number of rotatable bonds is 4. The zero-order chi connectivity index (χ0) is 11.4. The van der Waals surface area contributed by atoms with Crippen LogP contribution in [0, 0.1) is 0 Å². The Labute approximate surface area is 104 Å². The first kappa shape index (κ1) is 12.3. The summed E-state index contributed by atoms with van der Waals surface area (Å²) in [6.45, 7) is 3.64. The van der Waals surface area contributed by atoms with Gasteiger partial charge in [0.15, 0.2) is 0 Å². The van der Waals surface area contributed by atoms with E-state index < -0.39 is 5.97 Å². The molecule has 80 valence electrons. The van der Waals surface area contributed by atoms with E-state index in [0.29, 0.717) is 0 Å². The first-order valence-electron chi connectivity index (χ1n) is 4.11. The quantitative estimate of drug-likeness (QED) is 0.831. The molecule has 0 aliphatic carbocycles. The van der Waals surface area contributed by atoms with Gasteiger partial charge in [-0.25, -0.2) is 4.79 Å². The lowest BCUT2D eigenvalue weighted by molar-refractivity contribution is -0.132. The van der Waals surface area contributed by atoms with E-state index in [1.54, 1.807) is 0 Å². The smallest absolute Gasteiger partial charge is 0.332 e. The van der Waals surface area contributed by atoms with Crippen molar-refractivity contribution in [3.63, 3.8) is 0 Å². The number of carboxylic acid groups (broad SMARTS) is 1. The van der Waals surface area contributed by atoms with Gasteiger partial charge in [0.1, 0.15) is 0 Å². The lowest BCUT2D eigenvalue weighted by Crippen LogP contribution is -2.11. The monoisotopic (exact) mass is 333 g/mol. The van der Waals surface area contributed by atoms with Crippen LogP contribution in [0.25, 0.3) is 0 Å². The third-order valence-corrected chi connectivity index (χ3v) is 3.07. The Kier molecular flexibility index (Phi) is 4.35. The highest BCUT2D eigenvalue weighted by molar-refractivity contribution is 9.11. The van der Waals surface area contributed by atoms with Gasteiger partial charge in [0, 0.05) is 21.1 Å². The summed E-state index contributed by atoms with van der Waals surface area (Å²) in [6, 6.07) is 5.62. The van der Waals surface area contributed by atoms with Crippen LogP contribution in [0.3, 0.4) is 0 Å². The van der Waals surface area contributed by atoms with Crippen molar-refractivity contribution in [3.05, 3.63) is 39.3 Å². The van der Waals surface area contributed by atoms with Crippen LogP contribution < -0.4 is 5.32 Å². The van der Waals surface area contributed by atoms with Gasteiger partial charge in [-0.1, -0.05) is 12.6 Å². The second kappa shape index (κ2) is 5.32. The fourth-order valence-corrected chi connectivity index (χ4v) is 2.22. The number of halogens is 2. The average molecular weight is 335 g/mol. The Morgan fingerprint density at radius 3 is 2.40 bits per heavy atom. The van der Waals surface area contributed by atoms with Crippen LogP contribution in [0.1, 0.15) is 0 Å². The van der Waals surface area contributed by atoms with E-state index in [4.69, 9.17) is 5.11 Å². The summed E-state index contributed by atoms with van der Waals surface area (Å²) in [7, 11) is 0. The fraction of sp³-hybridized carbons (Fsp3) is 0.100. The minimum Gasteiger partial charge on any atom is -0.478 e. The van der Waals surface area contributed by atoms with Crippen LogP contribution in [0.4, 0.5) is 5.69 Å². The minimum atomic E-state index is -0.995. The highest BCUT2D eigenvalue weighted by atomic mass is 79.9. The van der Waals surface area contributed by atoms with Crippen molar-refractivity contribution in [1.82, 2.24) is 0 Å². The molecule has 1 rings (SSSR count). The molecule has 0 amide bonds. The maximum atomic E-state index is 10.5. The molecule has 1 aromatic carbocycles. The van der Waals surface area contributed by atoms with Crippen LogP contribution in [0.15, 0.2) is 39.3 Å². The first-order valence-corrected chi connectivity index (χ1v) is 5.70. The molecule has 0 unspecified atom stereocenters. The van der Waals surface area contributed by atoms with Gasteiger partial charge in [0.25, 0.3) is 0 Å². The van der Waals surface area contributed by atoms with E-state index in [1.807, 2.05) is 18.2 Å². The summed E-state index contributed by atoms with van der Waals surface area (Å²) in [6.07, 6.45) is 0. The first-order chi connectivity index (χ1) is 7.02. The second-order valence-electron chi connectivity index (χ2n) is 2.86. The SMILES string of the molecule is C=C(CNc1c(Br)cccc1Br)C(=O)O. The highest BCUT2D eigenvalue weighted by Gasteiger charge is 2.07. The molecule has 0 saturated carbocycles. The molecule has 0 bridgehead atoms. The predicted octanol–water partition coefficient (Wildman–Crippen LogP) is 3.26. The summed E-state index contributed by atoms with van der Waals surface area (Å²) in [4.78, 5) is 10.5. The molecule has 1 aromatic rings. The molecule has 0 heterocycles. The summed E-state index contributed by atoms with van der Waals surface area (Å²) in [5, 5.41) is 11.6. The molecule has 0 aromatic heterocycles. The topological polar surface area (TPSA) is 49.3 Å². The molecule has 0 aliphatic rings. The largest absolute Gasteiger partial charge is 0.478 e. The van der Waals surface area contributed by atoms with Crippen molar-refractivity contribution in [2.24, 2.45) is 0 Å². The van der Waals surface area contributed by atoms with Gasteiger partial charge in [-0.15, -0.1) is 0 Å². The molecule has 5 heteroatoms. The van der Waals surface area contributed by atoms with Crippen LogP contribution in [-0.4, -0.2) is 17.6 Å². The van der Waals surface area contributed by atoms with E-state index >= 15 is 0 Å². The molecule has 3 nitrogen and oxygen atoms in total. The van der Waals surface area contributed by atoms with Crippen molar-refractivity contribution >= 4 is 43.5 Å². The standard InChI is InChI=1S/C10H9Br2NO2/c1-6(10(14)15)5-13-9-7(11)3-2-4-8(9)12/h2-4,13H,1,5H2,(H,14,15). The molecule has 0 radical (unpaired) electrons. The van der Waals surface area contributed by atoms with E-state index in [1.165, 1.54) is 0 Å². The number of hydrogen-bond donors (Lipinski definition) is 2. The lowest BCUT2D eigenvalue weighted by Gasteiger charge is -2.10. The molecule has 0 aliphatic heterocycles. The number of nitrogens with one attached hydrogen (secondary N) is 1. The van der Waals surface area contributed by atoms with Crippen molar-refractivity contribution in [2.45, 2.75) is 0 Å². The number of aliphatic carboxylic acids is 1. The van der Waals surface area contributed by atoms with Crippen molar-refractivity contribution < 1.29 is 9.90 Å². The summed E-state index contributed by atoms with van der Waals surface area (Å²) < 4.78 is 1.74. The second-order valence-corrected chi connectivity index (χ2v) is 4.57. The summed E-state index contributed by atoms with van der Waals surface area (Å²) in [5.74, 6) is -0.995. The Balaban J connectivity index is 2.73. The van der Waals surface area contributed by atoms with E-state index in [-0.39, 0.29) is 12.1 Å². The zero-order valence-electron chi connectivity index (χ0n) is 7.76. The van der Waals surface area contributed by atoms with Crippen molar-refractivity contribution in [3.8, 4) is 0 Å². The van der Waals surface area contributed by atoms with Crippen LogP contribution in [0.2, 0.25) is 0 Å². The lowest BCUT2D eigenvalue weighted by atomic mass is 10.2. The third-order valence-electron chi connectivity index (χ3n) is 1.74. The number of carbonyl (C=O) groups is 1. The Hall–Kier alpha value is -0.810. The molecular weight excluding hydrogens is 326 g/mol. The fourth-order valence-electron chi connectivity index (χ4n) is 0.937. The van der Waals surface area contributed by atoms with E-state index in [2.05, 4.69) is 43.8 Å². The Morgan fingerprint density at radius 2 is 1.93 bits per heavy atom. The highest BCUT2D eigenvalue weighted by Crippen LogP contribution is 2.30. The van der Waals surface area contributed by atoms with Gasteiger partial charge in [-0.05, 0) is 44.0 Å². The molecule has 2 N–H and O–H groups in total. The zero-order valence-corrected chi connectivity index (χ0v) is 10.9. The van der Waals surface area contributed by atoms with Crippen LogP contribution >= 0.6 is 31.9 Å². The van der Waals surface area contributed by atoms with Crippen molar-refractivity contribution in [2.75, 3.05) is 11.9 Å². The van der Waals surface area contributed by atoms with Gasteiger partial charge >= 0.3 is 5.97 Å². The Bertz CT molecular complexity index is 384. The van der Waals surface area contributed by atoms with Crippen molar-refractivity contribution in [1.29, 1.82) is 0 Å². The number of benzene rings is 1. The van der Waals surface area contributed by atoms with E-state index in [0.717, 1.165) is 14.6 Å². The molecular formula is C10H9Br2NO2. The Morgan fingerprint density at radius 1 is 1.40 bits per heavy atom. The van der Waals surface area contributed by atoms with E-state index in [9.17, 15) is 4.79 Å². The molecule has 0 fully saturated rings. The molecule has 15 heavy (non-hydrogen) atoms. The molecule has 0 atom stereocenters. The normalized spacial score (nSPS) is 9.73. The number of anilines is 1. The average Bonchev–Trinajstić information content (AvgIpc) is 2.16. The molecule has 0 saturated heterocycles.